The number of rotatable bonds is 8. The van der Waals surface area contributed by atoms with E-state index in [0.717, 1.165) is 11.1 Å². The van der Waals surface area contributed by atoms with Gasteiger partial charge in [-0.3, -0.25) is 9.00 Å². The third-order valence-corrected chi connectivity index (χ3v) is 4.72. The lowest BCUT2D eigenvalue weighted by atomic mass is 9.94. The van der Waals surface area contributed by atoms with E-state index in [2.05, 4.69) is 13.2 Å². The van der Waals surface area contributed by atoms with Gasteiger partial charge in [0.25, 0.3) is 0 Å². The average molecular weight is 439 g/mol. The summed E-state index contributed by atoms with van der Waals surface area (Å²) in [5, 5.41) is 0. The molecule has 0 aromatic heterocycles. The van der Waals surface area contributed by atoms with Crippen LogP contribution in [0.2, 0.25) is 0 Å². The van der Waals surface area contributed by atoms with Crippen LogP contribution in [0.1, 0.15) is 60.8 Å². The Bertz CT molecular complexity index is 790. The Morgan fingerprint density at radius 2 is 1.63 bits per heavy atom. The first-order valence-electron chi connectivity index (χ1n) is 10.2. The monoisotopic (exact) mass is 438 g/mol. The van der Waals surface area contributed by atoms with Crippen LogP contribution in [-0.4, -0.2) is 16.2 Å². The third-order valence-electron chi connectivity index (χ3n) is 3.85. The molecule has 1 rings (SSSR count). The fourth-order valence-electron chi connectivity index (χ4n) is 2.60. The molecule has 0 heterocycles. The number of carbonyl (C=O) groups is 1. The van der Waals surface area contributed by atoms with E-state index in [1.807, 2.05) is 40.7 Å². The van der Waals surface area contributed by atoms with E-state index in [-0.39, 0.29) is 12.2 Å². The standard InChI is InChI=1S/C21H24F2O2S.2C2H6/c1-6-17(10-8-16(4)26(5)25)19-11-12-20(24)21(19)18(13-15(3)23)9-7-14(2)22;2*1-2/h6,8-10,13H,2,4,7,11-12H2,1,3,5H3;2*1-2H3/b10-8-,15-13+,17-6+,18-9?;;. The Morgan fingerprint density at radius 1 is 1.07 bits per heavy atom. The van der Waals surface area contributed by atoms with Gasteiger partial charge in [-0.05, 0) is 49.1 Å². The van der Waals surface area contributed by atoms with E-state index in [0.29, 0.717) is 28.9 Å². The normalized spacial score (nSPS) is 16.0. The largest absolute Gasteiger partial charge is 0.294 e. The molecule has 0 saturated carbocycles. The third kappa shape index (κ3) is 10.6. The summed E-state index contributed by atoms with van der Waals surface area (Å²) in [4.78, 5) is 12.9. The van der Waals surface area contributed by atoms with Gasteiger partial charge >= 0.3 is 0 Å². The van der Waals surface area contributed by atoms with Gasteiger partial charge in [0.05, 0.1) is 11.7 Å². The van der Waals surface area contributed by atoms with Crippen molar-refractivity contribution in [2.24, 2.45) is 0 Å². The summed E-state index contributed by atoms with van der Waals surface area (Å²) in [5.74, 6) is -1.15. The van der Waals surface area contributed by atoms with Crippen molar-refractivity contribution in [2.45, 2.75) is 60.8 Å². The van der Waals surface area contributed by atoms with Crippen LogP contribution < -0.4 is 0 Å². The maximum Gasteiger partial charge on any atom is 0.164 e. The van der Waals surface area contributed by atoms with Crippen molar-refractivity contribution >= 4 is 16.6 Å². The molecule has 5 heteroatoms. The molecule has 1 aliphatic rings. The first-order valence-corrected chi connectivity index (χ1v) is 11.7. The first kappa shape index (κ1) is 30.1. The molecule has 0 N–H and O–H groups in total. The molecule has 0 radical (unpaired) electrons. The number of Topliss-reactive ketones (excluding diaryl/α,β-unsaturated/α-hetero) is 1. The van der Waals surface area contributed by atoms with Crippen molar-refractivity contribution in [3.63, 3.8) is 0 Å². The molecular weight excluding hydrogens is 402 g/mol. The first-order chi connectivity index (χ1) is 14.2. The summed E-state index contributed by atoms with van der Waals surface area (Å²) in [6.07, 6.45) is 10.2. The molecule has 1 aliphatic carbocycles. The molecule has 168 valence electrons. The Hall–Kier alpha value is -2.14. The molecule has 0 amide bonds. The van der Waals surface area contributed by atoms with Crippen LogP contribution in [0.3, 0.4) is 0 Å². The molecular formula is C25H36F2O2S. The number of hydrogen-bond acceptors (Lipinski definition) is 2. The molecule has 0 aromatic rings. The van der Waals surface area contributed by atoms with E-state index in [4.69, 9.17) is 0 Å². The van der Waals surface area contributed by atoms with Crippen molar-refractivity contribution in [2.75, 3.05) is 6.26 Å². The molecule has 0 aromatic carbocycles. The molecule has 2 nitrogen and oxygen atoms in total. The van der Waals surface area contributed by atoms with E-state index in [1.165, 1.54) is 25.3 Å². The molecule has 1 atom stereocenters. The van der Waals surface area contributed by atoms with Gasteiger partial charge in [-0.2, -0.15) is 0 Å². The van der Waals surface area contributed by atoms with Gasteiger partial charge in [-0.15, -0.1) is 0 Å². The minimum Gasteiger partial charge on any atom is -0.294 e. The van der Waals surface area contributed by atoms with Crippen LogP contribution in [0.4, 0.5) is 8.78 Å². The highest BCUT2D eigenvalue weighted by atomic mass is 32.2. The fourth-order valence-corrected chi connectivity index (χ4v) is 2.86. The maximum absolute atomic E-state index is 13.5. The topological polar surface area (TPSA) is 34.1 Å². The van der Waals surface area contributed by atoms with Crippen molar-refractivity contribution < 1.29 is 17.8 Å². The van der Waals surface area contributed by atoms with E-state index in [1.54, 1.807) is 12.2 Å². The number of allylic oxidation sites excluding steroid dienone is 11. The van der Waals surface area contributed by atoms with Crippen LogP contribution in [0.25, 0.3) is 0 Å². The quantitative estimate of drug-likeness (QED) is 0.363. The zero-order valence-corrected chi connectivity index (χ0v) is 20.2. The fraction of sp³-hybridized carbons (Fsp3) is 0.400. The average Bonchev–Trinajstić information content (AvgIpc) is 3.09. The highest BCUT2D eigenvalue weighted by molar-refractivity contribution is 7.88. The van der Waals surface area contributed by atoms with E-state index in [9.17, 15) is 17.8 Å². The molecule has 0 fully saturated rings. The summed E-state index contributed by atoms with van der Waals surface area (Å²) in [7, 11) is -1.18. The molecule has 30 heavy (non-hydrogen) atoms. The number of hydrogen-bond donors (Lipinski definition) is 0. The second kappa shape index (κ2) is 16.6. The number of ketones is 1. The predicted octanol–water partition coefficient (Wildman–Crippen LogP) is 7.77. The highest BCUT2D eigenvalue weighted by Gasteiger charge is 2.26. The van der Waals surface area contributed by atoms with Crippen LogP contribution in [0.5, 0.6) is 0 Å². The summed E-state index contributed by atoms with van der Waals surface area (Å²) in [5.41, 5.74) is 2.28. The van der Waals surface area contributed by atoms with Crippen LogP contribution >= 0.6 is 0 Å². The number of carbonyl (C=O) groups excluding carboxylic acids is 1. The molecule has 0 aliphatic heterocycles. The minimum atomic E-state index is -1.18. The van der Waals surface area contributed by atoms with E-state index < -0.39 is 22.5 Å². The van der Waals surface area contributed by atoms with Crippen LogP contribution in [-0.2, 0) is 15.6 Å². The smallest absolute Gasteiger partial charge is 0.164 e. The Kier molecular flexibility index (Phi) is 16.7. The Labute approximate surface area is 184 Å². The lowest BCUT2D eigenvalue weighted by Gasteiger charge is -2.10. The second-order valence-electron chi connectivity index (χ2n) is 5.89. The van der Waals surface area contributed by atoms with Gasteiger partial charge in [-0.1, -0.05) is 59.1 Å². The maximum atomic E-state index is 13.5. The highest BCUT2D eigenvalue weighted by Crippen LogP contribution is 2.35. The van der Waals surface area contributed by atoms with Gasteiger partial charge in [0, 0.05) is 40.4 Å². The zero-order chi connectivity index (χ0) is 23.9. The molecule has 0 saturated heterocycles. The van der Waals surface area contributed by atoms with Gasteiger partial charge in [-0.25, -0.2) is 8.78 Å². The van der Waals surface area contributed by atoms with Crippen molar-refractivity contribution in [1.82, 2.24) is 0 Å². The second-order valence-corrected chi connectivity index (χ2v) is 7.32. The summed E-state index contributed by atoms with van der Waals surface area (Å²) >= 11 is 0. The lowest BCUT2D eigenvalue weighted by Crippen LogP contribution is -2.01. The Morgan fingerprint density at radius 3 is 2.07 bits per heavy atom. The van der Waals surface area contributed by atoms with Gasteiger partial charge in [0.1, 0.15) is 0 Å². The summed E-state index contributed by atoms with van der Waals surface area (Å²) in [6, 6.07) is 0. The number of halogens is 2. The molecule has 0 spiro atoms. The summed E-state index contributed by atoms with van der Waals surface area (Å²) < 4.78 is 38.0. The van der Waals surface area contributed by atoms with E-state index >= 15 is 0 Å². The van der Waals surface area contributed by atoms with Crippen molar-refractivity contribution in [1.29, 1.82) is 0 Å². The lowest BCUT2D eigenvalue weighted by molar-refractivity contribution is -0.114. The van der Waals surface area contributed by atoms with Crippen molar-refractivity contribution in [3.8, 4) is 0 Å². The molecule has 0 bridgehead atoms. The van der Waals surface area contributed by atoms with Gasteiger partial charge in [0.2, 0.25) is 0 Å². The summed E-state index contributed by atoms with van der Waals surface area (Å²) in [6.45, 7) is 18.0. The predicted molar refractivity (Wildman–Crippen MR) is 128 cm³/mol. The van der Waals surface area contributed by atoms with Gasteiger partial charge < -0.3 is 0 Å². The molecule has 1 unspecified atom stereocenters. The van der Waals surface area contributed by atoms with Gasteiger partial charge in [0.15, 0.2) is 5.78 Å². The minimum absolute atomic E-state index is 0.0875. The van der Waals surface area contributed by atoms with Crippen LogP contribution in [0, 0.1) is 0 Å². The Balaban J connectivity index is 0. The zero-order valence-electron chi connectivity index (χ0n) is 19.4. The van der Waals surface area contributed by atoms with Crippen molar-refractivity contribution in [3.05, 3.63) is 82.4 Å². The SMILES string of the molecule is C=C(F)CC=C(/C=C(\C)F)C1=C(C(/C=C\C(=C)S(C)=O)=C/C)CCC1=O.CC.CC. The van der Waals surface area contributed by atoms with Crippen LogP contribution in [0.15, 0.2) is 82.4 Å².